The van der Waals surface area contributed by atoms with E-state index in [4.69, 9.17) is 0 Å². The van der Waals surface area contributed by atoms with Crippen LogP contribution < -0.4 is 0 Å². The first kappa shape index (κ1) is 21.5. The lowest BCUT2D eigenvalue weighted by molar-refractivity contribution is -0.136. The predicted octanol–water partition coefficient (Wildman–Crippen LogP) is 2.91. The molecule has 2 aliphatic rings. The minimum absolute atomic E-state index is 0.0581. The Morgan fingerprint density at radius 2 is 1.52 bits per heavy atom. The van der Waals surface area contributed by atoms with E-state index in [-0.39, 0.29) is 24.6 Å². The van der Waals surface area contributed by atoms with Crippen LogP contribution in [0.4, 0.5) is 4.79 Å². The van der Waals surface area contributed by atoms with Crippen LogP contribution in [0.1, 0.15) is 30.9 Å². The van der Waals surface area contributed by atoms with Crippen molar-refractivity contribution in [1.82, 2.24) is 14.7 Å². The van der Waals surface area contributed by atoms with Gasteiger partial charge in [-0.2, -0.15) is 0 Å². The Bertz CT molecular complexity index is 895. The van der Waals surface area contributed by atoms with Gasteiger partial charge in [-0.3, -0.25) is 14.6 Å². The summed E-state index contributed by atoms with van der Waals surface area (Å²) in [7, 11) is 0. The molecule has 164 valence electrons. The third-order valence-electron chi connectivity index (χ3n) is 6.78. The van der Waals surface area contributed by atoms with Crippen LogP contribution in [0.5, 0.6) is 0 Å². The maximum atomic E-state index is 13.7. The lowest BCUT2D eigenvalue weighted by Crippen LogP contribution is -2.58. The second-order valence-corrected chi connectivity index (χ2v) is 8.65. The highest BCUT2D eigenvalue weighted by Crippen LogP contribution is 2.38. The number of carbonyl (C=O) groups is 2. The largest absolute Gasteiger partial charge is 0.395 e. The van der Waals surface area contributed by atoms with E-state index in [1.54, 1.807) is 0 Å². The van der Waals surface area contributed by atoms with E-state index in [1.807, 2.05) is 60.4 Å². The van der Waals surface area contributed by atoms with Crippen LogP contribution in [0.25, 0.3) is 0 Å². The number of nitrogens with zero attached hydrogens (tertiary/aromatic N) is 3. The van der Waals surface area contributed by atoms with Gasteiger partial charge in [0.15, 0.2) is 0 Å². The lowest BCUT2D eigenvalue weighted by atomic mass is 9.85. The van der Waals surface area contributed by atoms with Gasteiger partial charge in [0.05, 0.1) is 13.2 Å². The van der Waals surface area contributed by atoms with Gasteiger partial charge in [-0.1, -0.05) is 60.7 Å². The molecule has 1 N–H and O–H groups in total. The number of benzene rings is 2. The Morgan fingerprint density at radius 3 is 2.10 bits per heavy atom. The molecule has 2 saturated heterocycles. The maximum Gasteiger partial charge on any atom is 0.328 e. The van der Waals surface area contributed by atoms with Gasteiger partial charge in [0, 0.05) is 25.7 Å². The highest BCUT2D eigenvalue weighted by molar-refractivity contribution is 6.07. The van der Waals surface area contributed by atoms with Gasteiger partial charge < -0.3 is 10.0 Å². The van der Waals surface area contributed by atoms with Crippen molar-refractivity contribution >= 4 is 11.9 Å². The van der Waals surface area contributed by atoms with Crippen molar-refractivity contribution in [3.05, 3.63) is 71.8 Å². The normalized spacial score (nSPS) is 19.9. The molecule has 0 unspecified atom stereocenters. The SMILES string of the molecule is C[C@@H](CO)N1CCC2(CC1)C(=O)N(Cc1ccccc1)C(=O)N2CCc1ccccc1. The fourth-order valence-electron chi connectivity index (χ4n) is 4.82. The minimum Gasteiger partial charge on any atom is -0.395 e. The summed E-state index contributed by atoms with van der Waals surface area (Å²) >= 11 is 0. The van der Waals surface area contributed by atoms with Crippen molar-refractivity contribution in [1.29, 1.82) is 0 Å². The highest BCUT2D eigenvalue weighted by atomic mass is 16.3. The molecule has 4 rings (SSSR count). The van der Waals surface area contributed by atoms with Crippen LogP contribution in [-0.2, 0) is 17.8 Å². The Kier molecular flexibility index (Phi) is 6.39. The second kappa shape index (κ2) is 9.20. The van der Waals surface area contributed by atoms with E-state index in [2.05, 4.69) is 17.0 Å². The van der Waals surface area contributed by atoms with Gasteiger partial charge in [-0.15, -0.1) is 0 Å². The summed E-state index contributed by atoms with van der Waals surface area (Å²) < 4.78 is 0. The molecule has 31 heavy (non-hydrogen) atoms. The topological polar surface area (TPSA) is 64.1 Å². The quantitative estimate of drug-likeness (QED) is 0.699. The van der Waals surface area contributed by atoms with Crippen molar-refractivity contribution < 1.29 is 14.7 Å². The highest BCUT2D eigenvalue weighted by Gasteiger charge is 2.57. The molecule has 6 heteroatoms. The lowest BCUT2D eigenvalue weighted by Gasteiger charge is -2.43. The summed E-state index contributed by atoms with van der Waals surface area (Å²) in [6, 6.07) is 19.7. The van der Waals surface area contributed by atoms with E-state index in [9.17, 15) is 14.7 Å². The van der Waals surface area contributed by atoms with E-state index in [0.29, 0.717) is 39.0 Å². The third-order valence-corrected chi connectivity index (χ3v) is 6.78. The van der Waals surface area contributed by atoms with Gasteiger partial charge in [0.2, 0.25) is 0 Å². The van der Waals surface area contributed by atoms with Gasteiger partial charge in [0.25, 0.3) is 5.91 Å². The number of urea groups is 1. The first-order valence-electron chi connectivity index (χ1n) is 11.1. The zero-order chi connectivity index (χ0) is 21.8. The number of amides is 3. The molecule has 0 bridgehead atoms. The standard InChI is InChI=1S/C25H31N3O3/c1-20(19-29)26-16-13-25(14-17-26)23(30)27(18-22-10-6-3-7-11-22)24(31)28(25)15-12-21-8-4-2-5-9-21/h2-11,20,29H,12-19H2,1H3/t20-/m0/s1. The number of hydrogen-bond donors (Lipinski definition) is 1. The molecule has 2 aromatic carbocycles. The number of imide groups is 1. The van der Waals surface area contributed by atoms with Crippen LogP contribution in [0, 0.1) is 0 Å². The van der Waals surface area contributed by atoms with Crippen molar-refractivity contribution in [3.63, 3.8) is 0 Å². The Hall–Kier alpha value is -2.70. The van der Waals surface area contributed by atoms with Crippen LogP contribution in [0.2, 0.25) is 0 Å². The van der Waals surface area contributed by atoms with Crippen molar-refractivity contribution in [2.75, 3.05) is 26.2 Å². The van der Waals surface area contributed by atoms with E-state index in [0.717, 1.165) is 17.5 Å². The van der Waals surface area contributed by atoms with Gasteiger partial charge in [0.1, 0.15) is 5.54 Å². The summed E-state index contributed by atoms with van der Waals surface area (Å²) in [6.07, 6.45) is 1.92. The van der Waals surface area contributed by atoms with E-state index < -0.39 is 5.54 Å². The first-order valence-corrected chi connectivity index (χ1v) is 11.1. The number of carbonyl (C=O) groups excluding carboxylic acids is 2. The fourth-order valence-corrected chi connectivity index (χ4v) is 4.82. The van der Waals surface area contributed by atoms with Crippen LogP contribution in [-0.4, -0.2) is 69.6 Å². The number of piperidine rings is 1. The molecule has 0 radical (unpaired) electrons. The summed E-state index contributed by atoms with van der Waals surface area (Å²) in [4.78, 5) is 32.6. The molecule has 2 fully saturated rings. The predicted molar refractivity (Wildman–Crippen MR) is 119 cm³/mol. The molecule has 1 spiro atoms. The average Bonchev–Trinajstić information content (AvgIpc) is 3.00. The number of likely N-dealkylation sites (tertiary alicyclic amines) is 1. The summed E-state index contributed by atoms with van der Waals surface area (Å²) in [6.45, 7) is 4.31. The second-order valence-electron chi connectivity index (χ2n) is 8.65. The number of rotatable bonds is 7. The molecule has 0 saturated carbocycles. The van der Waals surface area contributed by atoms with Gasteiger partial charge in [-0.05, 0) is 37.3 Å². The summed E-state index contributed by atoms with van der Waals surface area (Å²) in [5, 5.41) is 9.52. The van der Waals surface area contributed by atoms with Crippen molar-refractivity contribution in [3.8, 4) is 0 Å². The first-order chi connectivity index (χ1) is 15.0. The number of aliphatic hydroxyl groups is 1. The van der Waals surface area contributed by atoms with E-state index >= 15 is 0 Å². The van der Waals surface area contributed by atoms with Crippen LogP contribution in [0.15, 0.2) is 60.7 Å². The number of aliphatic hydroxyl groups excluding tert-OH is 1. The zero-order valence-corrected chi connectivity index (χ0v) is 18.1. The zero-order valence-electron chi connectivity index (χ0n) is 18.1. The molecular weight excluding hydrogens is 390 g/mol. The molecule has 6 nitrogen and oxygen atoms in total. The Morgan fingerprint density at radius 1 is 0.935 bits per heavy atom. The molecule has 0 aliphatic carbocycles. The van der Waals surface area contributed by atoms with Crippen LogP contribution >= 0.6 is 0 Å². The Labute approximate surface area is 184 Å². The average molecular weight is 422 g/mol. The molecule has 2 heterocycles. The molecule has 2 aliphatic heterocycles. The molecule has 1 atom stereocenters. The molecular formula is C25H31N3O3. The number of hydrogen-bond acceptors (Lipinski definition) is 4. The van der Waals surface area contributed by atoms with Crippen molar-refractivity contribution in [2.24, 2.45) is 0 Å². The molecule has 0 aromatic heterocycles. The Balaban J connectivity index is 1.57. The van der Waals surface area contributed by atoms with Gasteiger partial charge >= 0.3 is 6.03 Å². The third kappa shape index (κ3) is 4.23. The monoisotopic (exact) mass is 421 g/mol. The molecule has 3 amide bonds. The van der Waals surface area contributed by atoms with E-state index in [1.165, 1.54) is 4.90 Å². The van der Waals surface area contributed by atoms with Crippen molar-refractivity contribution in [2.45, 2.75) is 44.3 Å². The van der Waals surface area contributed by atoms with Gasteiger partial charge in [-0.25, -0.2) is 4.79 Å². The smallest absolute Gasteiger partial charge is 0.328 e. The fraction of sp³-hybridized carbons (Fsp3) is 0.440. The summed E-state index contributed by atoms with van der Waals surface area (Å²) in [5.41, 5.74) is 1.33. The minimum atomic E-state index is -0.785. The van der Waals surface area contributed by atoms with Crippen LogP contribution in [0.3, 0.4) is 0 Å². The molecule has 2 aromatic rings. The maximum absolute atomic E-state index is 13.7. The summed E-state index contributed by atoms with van der Waals surface area (Å²) in [5.74, 6) is -0.0780.